The molecule has 0 N–H and O–H groups in total. The summed E-state index contributed by atoms with van der Waals surface area (Å²) in [6.07, 6.45) is 10.9. The Hall–Kier alpha value is -0.280. The van der Waals surface area contributed by atoms with Gasteiger partial charge in [-0.2, -0.15) is 0 Å². The monoisotopic (exact) mass is 440 g/mol. The van der Waals surface area contributed by atoms with E-state index in [1.807, 2.05) is 0 Å². The number of Topliss-reactive ketones (excluding diaryl/α,β-unsaturated/α-hetero) is 1. The molecular formula is C24H34Cl2O3. The van der Waals surface area contributed by atoms with Crippen LogP contribution in [0.2, 0.25) is 0 Å². The van der Waals surface area contributed by atoms with Gasteiger partial charge in [0.25, 0.3) is 0 Å². The van der Waals surface area contributed by atoms with Crippen LogP contribution in [0, 0.1) is 39.9 Å². The van der Waals surface area contributed by atoms with Gasteiger partial charge in [0.15, 0.2) is 10.1 Å². The molecule has 162 valence electrons. The van der Waals surface area contributed by atoms with Gasteiger partial charge < -0.3 is 4.74 Å². The van der Waals surface area contributed by atoms with Gasteiger partial charge in [-0.25, -0.2) is 0 Å². The highest BCUT2D eigenvalue weighted by Crippen LogP contribution is 2.78. The molecule has 0 unspecified atom stereocenters. The van der Waals surface area contributed by atoms with Crippen molar-refractivity contribution < 1.29 is 14.3 Å². The van der Waals surface area contributed by atoms with Gasteiger partial charge in [0.1, 0.15) is 6.10 Å². The summed E-state index contributed by atoms with van der Waals surface area (Å²) in [7, 11) is 0. The van der Waals surface area contributed by atoms with E-state index in [1.165, 1.54) is 39.0 Å². The number of carbonyl (C=O) groups is 2. The lowest BCUT2D eigenvalue weighted by molar-refractivity contribution is -0.170. The second-order valence-corrected chi connectivity index (χ2v) is 12.7. The third-order valence-corrected chi connectivity index (χ3v) is 11.9. The van der Waals surface area contributed by atoms with Crippen molar-refractivity contribution in [2.75, 3.05) is 0 Å². The van der Waals surface area contributed by atoms with Gasteiger partial charge in [-0.05, 0) is 92.3 Å². The van der Waals surface area contributed by atoms with Gasteiger partial charge in [0, 0.05) is 18.8 Å². The molecule has 0 aromatic rings. The maximum atomic E-state index is 12.3. The Morgan fingerprint density at radius 3 is 2.38 bits per heavy atom. The summed E-state index contributed by atoms with van der Waals surface area (Å²) in [5, 5.41) is 0. The van der Waals surface area contributed by atoms with Crippen LogP contribution in [-0.4, -0.2) is 22.2 Å². The van der Waals surface area contributed by atoms with Crippen molar-refractivity contribution in [3.8, 4) is 0 Å². The number of carbonyl (C=O) groups excluding carboxylic acids is 2. The first-order valence-corrected chi connectivity index (χ1v) is 12.4. The minimum atomic E-state index is -1.17. The zero-order valence-electron chi connectivity index (χ0n) is 17.9. The lowest BCUT2D eigenvalue weighted by Gasteiger charge is -2.65. The highest BCUT2D eigenvalue weighted by atomic mass is 35.5. The topological polar surface area (TPSA) is 43.4 Å². The first-order valence-electron chi connectivity index (χ1n) is 11.6. The van der Waals surface area contributed by atoms with Gasteiger partial charge in [0.05, 0.1) is 0 Å². The molecule has 0 aromatic carbocycles. The predicted molar refractivity (Wildman–Crippen MR) is 114 cm³/mol. The Morgan fingerprint density at radius 2 is 1.72 bits per heavy atom. The van der Waals surface area contributed by atoms with Gasteiger partial charge in [-0.3, -0.25) is 9.59 Å². The van der Waals surface area contributed by atoms with E-state index in [0.29, 0.717) is 23.7 Å². The van der Waals surface area contributed by atoms with Crippen molar-refractivity contribution in [3.63, 3.8) is 0 Å². The number of halogens is 2. The smallest absolute Gasteiger partial charge is 0.302 e. The van der Waals surface area contributed by atoms with E-state index in [0.717, 1.165) is 37.5 Å². The van der Waals surface area contributed by atoms with Gasteiger partial charge in [-0.15, -0.1) is 0 Å². The quantitative estimate of drug-likeness (QED) is 0.365. The van der Waals surface area contributed by atoms with E-state index in [1.54, 1.807) is 0 Å². The number of esters is 1. The minimum absolute atomic E-state index is 0.0318. The first-order chi connectivity index (χ1) is 13.6. The molecule has 0 aliphatic heterocycles. The van der Waals surface area contributed by atoms with Crippen LogP contribution >= 0.6 is 23.2 Å². The van der Waals surface area contributed by atoms with Gasteiger partial charge >= 0.3 is 5.97 Å². The van der Waals surface area contributed by atoms with E-state index < -0.39 is 4.33 Å². The molecule has 5 aliphatic carbocycles. The zero-order chi connectivity index (χ0) is 20.8. The Bertz CT molecular complexity index is 750. The summed E-state index contributed by atoms with van der Waals surface area (Å²) in [6.45, 7) is 6.45. The largest absolute Gasteiger partial charge is 0.463 e. The molecule has 5 saturated carbocycles. The molecule has 5 fully saturated rings. The van der Waals surface area contributed by atoms with Crippen molar-refractivity contribution in [1.82, 2.24) is 0 Å². The summed E-state index contributed by atoms with van der Waals surface area (Å²) < 4.78 is 4.41. The molecule has 5 rings (SSSR count). The number of alkyl halides is 2. The molecule has 0 radical (unpaired) electrons. The van der Waals surface area contributed by atoms with E-state index in [-0.39, 0.29) is 28.7 Å². The number of ether oxygens (including phenoxy) is 1. The van der Waals surface area contributed by atoms with Crippen LogP contribution in [0.3, 0.4) is 0 Å². The number of hydrogen-bond donors (Lipinski definition) is 0. The average molecular weight is 441 g/mol. The predicted octanol–water partition coefficient (Wildman–Crippen LogP) is 6.09. The van der Waals surface area contributed by atoms with Crippen LogP contribution in [-0.2, 0) is 14.3 Å². The molecule has 5 aliphatic rings. The molecule has 0 heterocycles. The molecule has 29 heavy (non-hydrogen) atoms. The average Bonchev–Trinajstić information content (AvgIpc) is 2.97. The van der Waals surface area contributed by atoms with Gasteiger partial charge in [-0.1, -0.05) is 37.0 Å². The number of rotatable bonds is 1. The van der Waals surface area contributed by atoms with Crippen molar-refractivity contribution in [2.24, 2.45) is 39.9 Å². The fourth-order valence-electron chi connectivity index (χ4n) is 9.16. The Morgan fingerprint density at radius 1 is 1.00 bits per heavy atom. The SMILES string of the molecule is CC(=O)O[C@H]1CC[C@@]2(C)[C@@H](CC[C@@H]3[C@@H]2CC[C@@]2(C)[C@H]3CC[C@]23CC(=O)C3(Cl)Cl)C1. The van der Waals surface area contributed by atoms with Crippen molar-refractivity contribution in [3.05, 3.63) is 0 Å². The maximum Gasteiger partial charge on any atom is 0.302 e. The fourth-order valence-corrected chi connectivity index (χ4v) is 10.0. The Kier molecular flexibility index (Phi) is 4.53. The molecule has 1 spiro atoms. The van der Waals surface area contributed by atoms with Crippen LogP contribution in [0.25, 0.3) is 0 Å². The van der Waals surface area contributed by atoms with Gasteiger partial charge in [0.2, 0.25) is 0 Å². The summed E-state index contributed by atoms with van der Waals surface area (Å²) in [5.41, 5.74) is 0.232. The van der Waals surface area contributed by atoms with Crippen molar-refractivity contribution in [1.29, 1.82) is 0 Å². The third-order valence-electron chi connectivity index (χ3n) is 10.7. The molecule has 3 nitrogen and oxygen atoms in total. The maximum absolute atomic E-state index is 12.3. The normalized spacial score (nSPS) is 52.9. The molecule has 0 aromatic heterocycles. The highest BCUT2D eigenvalue weighted by molar-refractivity contribution is 6.61. The fraction of sp³-hybridized carbons (Fsp3) is 0.917. The molecule has 0 saturated heterocycles. The minimum Gasteiger partial charge on any atom is -0.463 e. The number of hydrogen-bond acceptors (Lipinski definition) is 3. The van der Waals surface area contributed by atoms with E-state index in [9.17, 15) is 9.59 Å². The molecule has 5 heteroatoms. The summed E-state index contributed by atoms with van der Waals surface area (Å²) in [5.74, 6) is 2.65. The van der Waals surface area contributed by atoms with E-state index in [2.05, 4.69) is 13.8 Å². The summed E-state index contributed by atoms with van der Waals surface area (Å²) in [4.78, 5) is 23.7. The zero-order valence-corrected chi connectivity index (χ0v) is 19.5. The Labute approximate surface area is 184 Å². The van der Waals surface area contributed by atoms with E-state index >= 15 is 0 Å². The van der Waals surface area contributed by atoms with Crippen LogP contribution in [0.4, 0.5) is 0 Å². The van der Waals surface area contributed by atoms with Crippen LogP contribution in [0.1, 0.15) is 85.0 Å². The lowest BCUT2D eigenvalue weighted by atomic mass is 9.41. The Balaban J connectivity index is 1.39. The van der Waals surface area contributed by atoms with E-state index in [4.69, 9.17) is 27.9 Å². The molecule has 8 atom stereocenters. The van der Waals surface area contributed by atoms with Crippen LogP contribution < -0.4 is 0 Å². The number of ketones is 1. The molecule has 0 bridgehead atoms. The molecule has 0 amide bonds. The third kappa shape index (κ3) is 2.50. The van der Waals surface area contributed by atoms with Crippen molar-refractivity contribution >= 4 is 35.0 Å². The summed E-state index contributed by atoms with van der Waals surface area (Å²) in [6, 6.07) is 0. The highest BCUT2D eigenvalue weighted by Gasteiger charge is 2.76. The molecular weight excluding hydrogens is 407 g/mol. The standard InChI is InChI=1S/C24H34Cl2O3/c1-14(27)29-16-6-9-21(2)15(12-16)4-5-17-18(21)7-10-22(3)19(17)8-11-23(22)13-20(28)24(23,25)26/h15-19H,4-13H2,1-3H3/t15-,16-,17+,18-,19-,21-,22-,23-/m0/s1. The second-order valence-electron chi connectivity index (χ2n) is 11.4. The number of fused-ring (bicyclic) bond motifs is 6. The second kappa shape index (κ2) is 6.37. The lowest BCUT2D eigenvalue weighted by Crippen LogP contribution is -2.66. The van der Waals surface area contributed by atoms with Crippen molar-refractivity contribution in [2.45, 2.75) is 95.4 Å². The van der Waals surface area contributed by atoms with Crippen LogP contribution in [0.5, 0.6) is 0 Å². The summed E-state index contributed by atoms with van der Waals surface area (Å²) >= 11 is 13.3. The first kappa shape index (κ1) is 20.6. The van der Waals surface area contributed by atoms with Crippen LogP contribution in [0.15, 0.2) is 0 Å².